The largest absolute Gasteiger partial charge is 0.391 e. The molecule has 0 fully saturated rings. The summed E-state index contributed by atoms with van der Waals surface area (Å²) in [6.07, 6.45) is -8.71. The van der Waals surface area contributed by atoms with Crippen LogP contribution in [0, 0.1) is 0 Å². The van der Waals surface area contributed by atoms with Gasteiger partial charge in [-0.05, 0) is 11.6 Å². The molecule has 2 unspecified atom stereocenters. The lowest BCUT2D eigenvalue weighted by atomic mass is 10.3. The predicted octanol–water partition coefficient (Wildman–Crippen LogP) is 3.17. The molecule has 0 aliphatic rings. The molecule has 0 saturated heterocycles. The van der Waals surface area contributed by atoms with Gasteiger partial charge in [-0.2, -0.15) is 26.3 Å². The van der Waals surface area contributed by atoms with Crippen molar-refractivity contribution in [2.75, 3.05) is 5.88 Å². The Kier molecular flexibility index (Phi) is 5.06. The van der Waals surface area contributed by atoms with Crippen LogP contribution in [0.3, 0.4) is 0 Å². The minimum Gasteiger partial charge on any atom is -0.265 e. The number of carbonyl (C=O) groups excluding carboxylic acids is 1. The Bertz CT molecular complexity index is 295. The van der Waals surface area contributed by atoms with Crippen LogP contribution >= 0.6 is 23.2 Å². The number of rotatable bonds is 6. The van der Waals surface area contributed by atoms with Crippen molar-refractivity contribution in [1.29, 1.82) is 0 Å². The molecule has 0 amide bonds. The number of hydrogen-bond acceptors (Lipinski definition) is 2. The van der Waals surface area contributed by atoms with Gasteiger partial charge in [0.15, 0.2) is 0 Å². The number of hydrogen-bond donors (Lipinski definition) is 0. The molecule has 0 bridgehead atoms. The van der Waals surface area contributed by atoms with E-state index in [4.69, 9.17) is 0 Å². The average molecular weight is 311 g/mol. The third kappa shape index (κ3) is 3.59. The standard InChI is InChI=1S/C6H3Cl2F7O2/c7-1-2(9)5(12,13)17-4(11,3(10)16)6(8,14)15/h2H,1H2. The zero-order valence-corrected chi connectivity index (χ0v) is 9.01. The van der Waals surface area contributed by atoms with Crippen LogP contribution in [-0.4, -0.2) is 35.4 Å². The quantitative estimate of drug-likeness (QED) is 0.428. The SMILES string of the molecule is O=C(F)C(F)(OC(F)(F)C(F)CCl)C(F)(F)Cl. The normalized spacial score (nSPS) is 18.6. The van der Waals surface area contributed by atoms with Crippen molar-refractivity contribution in [2.24, 2.45) is 0 Å². The number of alkyl halides is 8. The molecule has 17 heavy (non-hydrogen) atoms. The van der Waals surface area contributed by atoms with E-state index < -0.39 is 35.4 Å². The monoisotopic (exact) mass is 310 g/mol. The maximum atomic E-state index is 12.9. The fourth-order valence-electron chi connectivity index (χ4n) is 0.551. The molecule has 0 aromatic carbocycles. The molecule has 2 atom stereocenters. The minimum atomic E-state index is -5.52. The third-order valence-corrected chi connectivity index (χ3v) is 1.91. The number of ether oxygens (including phenoxy) is 1. The van der Waals surface area contributed by atoms with Crippen molar-refractivity contribution in [2.45, 2.75) is 23.5 Å². The zero-order chi connectivity index (χ0) is 14.1. The highest BCUT2D eigenvalue weighted by atomic mass is 35.5. The molecule has 0 N–H and O–H groups in total. The molecule has 2 nitrogen and oxygen atoms in total. The first kappa shape index (κ1) is 16.7. The van der Waals surface area contributed by atoms with Crippen molar-refractivity contribution >= 4 is 29.2 Å². The molecular formula is C6H3Cl2F7O2. The fraction of sp³-hybridized carbons (Fsp3) is 0.833. The van der Waals surface area contributed by atoms with E-state index in [9.17, 15) is 35.5 Å². The molecule has 0 aromatic heterocycles. The maximum Gasteiger partial charge on any atom is 0.391 e. The molecule has 0 aliphatic heterocycles. The van der Waals surface area contributed by atoms with Crippen LogP contribution in [0.2, 0.25) is 0 Å². The van der Waals surface area contributed by atoms with E-state index in [0.29, 0.717) is 0 Å². The summed E-state index contributed by atoms with van der Waals surface area (Å²) in [5.74, 6) is -6.99. The maximum absolute atomic E-state index is 12.9. The third-order valence-electron chi connectivity index (χ3n) is 1.39. The van der Waals surface area contributed by atoms with Crippen molar-refractivity contribution in [3.8, 4) is 0 Å². The van der Waals surface area contributed by atoms with Gasteiger partial charge < -0.3 is 0 Å². The molecule has 0 heterocycles. The first-order valence-corrected chi connectivity index (χ1v) is 4.53. The Balaban J connectivity index is 5.23. The molecule has 0 aromatic rings. The first-order chi connectivity index (χ1) is 7.38. The van der Waals surface area contributed by atoms with Crippen molar-refractivity contribution < 1.29 is 40.3 Å². The van der Waals surface area contributed by atoms with Crippen LogP contribution in [0.5, 0.6) is 0 Å². The number of carbonyl (C=O) groups is 1. The second-order valence-corrected chi connectivity index (χ2v) is 3.44. The Morgan fingerprint density at radius 2 is 1.65 bits per heavy atom. The predicted molar refractivity (Wildman–Crippen MR) is 42.4 cm³/mol. The molecular weight excluding hydrogens is 308 g/mol. The van der Waals surface area contributed by atoms with Gasteiger partial charge in [-0.15, -0.1) is 11.6 Å². The fourth-order valence-corrected chi connectivity index (χ4v) is 0.843. The summed E-state index contributed by atoms with van der Waals surface area (Å²) in [5.41, 5.74) is 0. The lowest BCUT2D eigenvalue weighted by Crippen LogP contribution is -2.54. The minimum absolute atomic E-state index is 1.47. The molecule has 0 spiro atoms. The van der Waals surface area contributed by atoms with E-state index in [0.717, 1.165) is 0 Å². The van der Waals surface area contributed by atoms with Crippen LogP contribution in [0.4, 0.5) is 30.7 Å². The van der Waals surface area contributed by atoms with Gasteiger partial charge in [0.1, 0.15) is 0 Å². The summed E-state index contributed by atoms with van der Waals surface area (Å²) in [6.45, 7) is 0. The van der Waals surface area contributed by atoms with Gasteiger partial charge in [0.05, 0.1) is 5.88 Å². The van der Waals surface area contributed by atoms with Gasteiger partial charge in [-0.1, -0.05) is 0 Å². The van der Waals surface area contributed by atoms with E-state index >= 15 is 0 Å². The topological polar surface area (TPSA) is 26.3 Å². The Labute approximate surface area is 99.6 Å². The van der Waals surface area contributed by atoms with Crippen molar-refractivity contribution in [3.63, 3.8) is 0 Å². The number of halogens is 9. The van der Waals surface area contributed by atoms with Crippen LogP contribution < -0.4 is 0 Å². The van der Waals surface area contributed by atoms with Gasteiger partial charge in [-0.3, -0.25) is 9.53 Å². The van der Waals surface area contributed by atoms with Crippen LogP contribution in [0.15, 0.2) is 0 Å². The highest BCUT2D eigenvalue weighted by Crippen LogP contribution is 2.43. The molecule has 0 radical (unpaired) electrons. The summed E-state index contributed by atoms with van der Waals surface area (Å²) in [7, 11) is 0. The van der Waals surface area contributed by atoms with E-state index in [1.54, 1.807) is 0 Å². The second kappa shape index (κ2) is 5.15. The van der Waals surface area contributed by atoms with Crippen LogP contribution in [0.25, 0.3) is 0 Å². The van der Waals surface area contributed by atoms with Crippen molar-refractivity contribution in [1.82, 2.24) is 0 Å². The lowest BCUT2D eigenvalue weighted by molar-refractivity contribution is -0.369. The molecule has 11 heteroatoms. The highest BCUT2D eigenvalue weighted by molar-refractivity contribution is 6.24. The van der Waals surface area contributed by atoms with Gasteiger partial charge in [-0.25, -0.2) is 4.39 Å². The van der Waals surface area contributed by atoms with Crippen LogP contribution in [0.1, 0.15) is 0 Å². The summed E-state index contributed by atoms with van der Waals surface area (Å²) >= 11 is 8.51. The van der Waals surface area contributed by atoms with Gasteiger partial charge in [0, 0.05) is 0 Å². The second-order valence-electron chi connectivity index (χ2n) is 2.65. The Morgan fingerprint density at radius 3 is 1.88 bits per heavy atom. The van der Waals surface area contributed by atoms with E-state index in [1.807, 2.05) is 0 Å². The van der Waals surface area contributed by atoms with Gasteiger partial charge >= 0.3 is 23.4 Å². The van der Waals surface area contributed by atoms with Gasteiger partial charge in [0.25, 0.3) is 0 Å². The Morgan fingerprint density at radius 1 is 1.24 bits per heavy atom. The van der Waals surface area contributed by atoms with Gasteiger partial charge in [0.2, 0.25) is 6.17 Å². The molecule has 0 rings (SSSR count). The smallest absolute Gasteiger partial charge is 0.265 e. The van der Waals surface area contributed by atoms with E-state index in [2.05, 4.69) is 27.9 Å². The summed E-state index contributed by atoms with van der Waals surface area (Å²) in [5, 5.41) is -5.46. The first-order valence-electron chi connectivity index (χ1n) is 3.62. The zero-order valence-electron chi connectivity index (χ0n) is 7.50. The van der Waals surface area contributed by atoms with Crippen LogP contribution in [-0.2, 0) is 9.53 Å². The Hall–Kier alpha value is -0.280. The molecule has 102 valence electrons. The highest BCUT2D eigenvalue weighted by Gasteiger charge is 2.67. The lowest BCUT2D eigenvalue weighted by Gasteiger charge is -2.29. The van der Waals surface area contributed by atoms with E-state index in [-0.39, 0.29) is 0 Å². The average Bonchev–Trinajstić information content (AvgIpc) is 2.13. The van der Waals surface area contributed by atoms with Crippen molar-refractivity contribution in [3.05, 3.63) is 0 Å². The summed E-state index contributed by atoms with van der Waals surface area (Å²) in [6, 6.07) is -3.64. The molecule has 0 saturated carbocycles. The summed E-state index contributed by atoms with van der Waals surface area (Å²) < 4.78 is 89.4. The molecule has 0 aliphatic carbocycles. The van der Waals surface area contributed by atoms with E-state index in [1.165, 1.54) is 0 Å². The summed E-state index contributed by atoms with van der Waals surface area (Å²) in [4.78, 5) is 9.88.